The molecule has 0 saturated heterocycles. The van der Waals surface area contributed by atoms with Crippen molar-refractivity contribution in [1.82, 2.24) is 4.98 Å². The van der Waals surface area contributed by atoms with Crippen molar-refractivity contribution in [2.24, 2.45) is 10.2 Å². The molecule has 0 amide bonds. The van der Waals surface area contributed by atoms with Crippen molar-refractivity contribution in [3.8, 4) is 5.88 Å². The maximum atomic E-state index is 10.9. The molecule has 3 aromatic rings. The number of azo groups is 1. The van der Waals surface area contributed by atoms with Crippen molar-refractivity contribution in [3.63, 3.8) is 0 Å². The summed E-state index contributed by atoms with van der Waals surface area (Å²) in [6.07, 6.45) is 0. The first-order chi connectivity index (χ1) is 11.0. The SMILES string of the molecule is Cc1cccc2c(N=Nc3cc(C(=O)[O-])ccc3Cl)c(O)[nH]c12. The van der Waals surface area contributed by atoms with Gasteiger partial charge >= 0.3 is 0 Å². The minimum absolute atomic E-state index is 0.0534. The van der Waals surface area contributed by atoms with Crippen LogP contribution in [0.3, 0.4) is 0 Å². The number of H-pyrrole nitrogens is 1. The number of nitrogens with one attached hydrogen (secondary N) is 1. The van der Waals surface area contributed by atoms with Gasteiger partial charge in [-0.15, -0.1) is 10.2 Å². The summed E-state index contributed by atoms with van der Waals surface area (Å²) in [4.78, 5) is 13.7. The van der Waals surface area contributed by atoms with Crippen molar-refractivity contribution in [3.05, 3.63) is 52.5 Å². The molecule has 0 fully saturated rings. The molecule has 0 aliphatic carbocycles. The van der Waals surface area contributed by atoms with E-state index in [1.54, 1.807) is 6.07 Å². The van der Waals surface area contributed by atoms with Gasteiger partial charge in [-0.05, 0) is 30.2 Å². The molecule has 6 nitrogen and oxygen atoms in total. The first-order valence-corrected chi connectivity index (χ1v) is 7.08. The first-order valence-electron chi connectivity index (χ1n) is 6.70. The molecule has 1 heterocycles. The number of aromatic nitrogens is 1. The molecule has 116 valence electrons. The molecule has 0 spiro atoms. The molecule has 2 N–H and O–H groups in total. The number of carboxylic acid groups (broad SMARTS) is 1. The number of hydrogen-bond donors (Lipinski definition) is 2. The fraction of sp³-hybridized carbons (Fsp3) is 0.0625. The monoisotopic (exact) mass is 328 g/mol. The van der Waals surface area contributed by atoms with Gasteiger partial charge in [0.15, 0.2) is 5.69 Å². The summed E-state index contributed by atoms with van der Waals surface area (Å²) in [5, 5.41) is 29.8. The Labute approximate surface area is 136 Å². The lowest BCUT2D eigenvalue weighted by atomic mass is 10.1. The van der Waals surface area contributed by atoms with Crippen LogP contribution >= 0.6 is 11.6 Å². The Morgan fingerprint density at radius 3 is 2.78 bits per heavy atom. The van der Waals surface area contributed by atoms with Crippen LogP contribution in [0.5, 0.6) is 5.88 Å². The Kier molecular flexibility index (Phi) is 3.75. The normalized spacial score (nSPS) is 11.4. The number of fused-ring (bicyclic) bond motifs is 1. The summed E-state index contributed by atoms with van der Waals surface area (Å²) in [5.74, 6) is -1.45. The van der Waals surface area contributed by atoms with Crippen LogP contribution in [0.4, 0.5) is 11.4 Å². The molecule has 0 aliphatic heterocycles. The Morgan fingerprint density at radius 2 is 2.04 bits per heavy atom. The Balaban J connectivity index is 2.07. The van der Waals surface area contributed by atoms with Gasteiger partial charge in [-0.1, -0.05) is 35.9 Å². The molecule has 0 unspecified atom stereocenters. The topological polar surface area (TPSA) is 101 Å². The number of aromatic carboxylic acids is 1. The van der Waals surface area contributed by atoms with Crippen LogP contribution < -0.4 is 5.11 Å². The first kappa shape index (κ1) is 15.1. The molecule has 0 aliphatic rings. The molecule has 7 heteroatoms. The third-order valence-corrected chi connectivity index (χ3v) is 3.75. The standard InChI is InChI=1S/C16H12ClN3O3/c1-8-3-2-4-10-13(8)18-15(21)14(10)20-19-12-7-9(16(22)23)5-6-11(12)17/h2-7,18,21H,1H3,(H,22,23)/p-1. The van der Waals surface area contributed by atoms with Crippen molar-refractivity contribution >= 4 is 39.8 Å². The van der Waals surface area contributed by atoms with Gasteiger partial charge in [0.25, 0.3) is 0 Å². The smallest absolute Gasteiger partial charge is 0.218 e. The highest BCUT2D eigenvalue weighted by molar-refractivity contribution is 6.33. The highest BCUT2D eigenvalue weighted by atomic mass is 35.5. The molecule has 2 aromatic carbocycles. The summed E-state index contributed by atoms with van der Waals surface area (Å²) >= 11 is 5.99. The second-order valence-electron chi connectivity index (χ2n) is 4.97. The third-order valence-electron chi connectivity index (χ3n) is 3.44. The van der Waals surface area contributed by atoms with Crippen molar-refractivity contribution in [2.75, 3.05) is 0 Å². The summed E-state index contributed by atoms with van der Waals surface area (Å²) in [6.45, 7) is 1.90. The number of carbonyl (C=O) groups is 1. The highest BCUT2D eigenvalue weighted by Crippen LogP contribution is 2.38. The molecule has 1 aromatic heterocycles. The predicted molar refractivity (Wildman–Crippen MR) is 84.7 cm³/mol. The molecular formula is C16H11ClN3O3-. The number of benzene rings is 2. The van der Waals surface area contributed by atoms with E-state index in [9.17, 15) is 15.0 Å². The Morgan fingerprint density at radius 1 is 1.26 bits per heavy atom. The number of hydrogen-bond acceptors (Lipinski definition) is 5. The van der Waals surface area contributed by atoms with Gasteiger partial charge in [-0.25, -0.2) is 0 Å². The zero-order valence-electron chi connectivity index (χ0n) is 12.0. The molecule has 0 radical (unpaired) electrons. The van der Waals surface area contributed by atoms with E-state index in [1.165, 1.54) is 18.2 Å². The van der Waals surface area contributed by atoms with Crippen LogP contribution in [0.1, 0.15) is 15.9 Å². The highest BCUT2D eigenvalue weighted by Gasteiger charge is 2.12. The second-order valence-corrected chi connectivity index (χ2v) is 5.38. The summed E-state index contributed by atoms with van der Waals surface area (Å²) in [7, 11) is 0. The van der Waals surface area contributed by atoms with Gasteiger partial charge < -0.3 is 20.0 Å². The van der Waals surface area contributed by atoms with Crippen molar-refractivity contribution in [2.45, 2.75) is 6.92 Å². The van der Waals surface area contributed by atoms with Crippen molar-refractivity contribution < 1.29 is 15.0 Å². The molecule has 3 rings (SSSR count). The zero-order chi connectivity index (χ0) is 16.6. The van der Waals surface area contributed by atoms with E-state index in [1.807, 2.05) is 19.1 Å². The fourth-order valence-corrected chi connectivity index (χ4v) is 2.41. The average Bonchev–Trinajstić information content (AvgIpc) is 2.83. The zero-order valence-corrected chi connectivity index (χ0v) is 12.8. The van der Waals surface area contributed by atoms with E-state index in [2.05, 4.69) is 15.2 Å². The minimum Gasteiger partial charge on any atom is -0.545 e. The second kappa shape index (κ2) is 5.73. The van der Waals surface area contributed by atoms with E-state index in [4.69, 9.17) is 11.6 Å². The maximum Gasteiger partial charge on any atom is 0.218 e. The minimum atomic E-state index is -1.33. The summed E-state index contributed by atoms with van der Waals surface area (Å²) in [5.41, 5.74) is 2.10. The van der Waals surface area contributed by atoms with Gasteiger partial charge in [0.2, 0.25) is 5.88 Å². The largest absolute Gasteiger partial charge is 0.545 e. The number of aromatic amines is 1. The van der Waals surface area contributed by atoms with E-state index >= 15 is 0 Å². The molecule has 23 heavy (non-hydrogen) atoms. The molecular weight excluding hydrogens is 318 g/mol. The molecule has 0 saturated carbocycles. The number of aryl methyl sites for hydroxylation is 1. The van der Waals surface area contributed by atoms with Crippen LogP contribution in [-0.4, -0.2) is 16.1 Å². The lowest BCUT2D eigenvalue weighted by Crippen LogP contribution is -2.21. The van der Waals surface area contributed by atoms with E-state index in [0.717, 1.165) is 11.1 Å². The third kappa shape index (κ3) is 2.76. The van der Waals surface area contributed by atoms with Gasteiger partial charge in [0.05, 0.1) is 16.5 Å². The van der Waals surface area contributed by atoms with Crippen LogP contribution in [0.25, 0.3) is 10.9 Å². The number of nitrogens with zero attached hydrogens (tertiary/aromatic N) is 2. The van der Waals surface area contributed by atoms with Crippen LogP contribution in [0, 0.1) is 6.92 Å². The number of carboxylic acids is 1. The van der Waals surface area contributed by atoms with Gasteiger partial charge in [-0.2, -0.15) is 0 Å². The lowest BCUT2D eigenvalue weighted by molar-refractivity contribution is -0.255. The lowest BCUT2D eigenvalue weighted by Gasteiger charge is -2.03. The van der Waals surface area contributed by atoms with Gasteiger partial charge in [0, 0.05) is 5.39 Å². The Bertz CT molecular complexity index is 947. The van der Waals surface area contributed by atoms with Gasteiger partial charge in [-0.3, -0.25) is 0 Å². The van der Waals surface area contributed by atoms with E-state index in [0.29, 0.717) is 5.39 Å². The van der Waals surface area contributed by atoms with E-state index in [-0.39, 0.29) is 27.8 Å². The van der Waals surface area contributed by atoms with Crippen molar-refractivity contribution in [1.29, 1.82) is 0 Å². The number of carbonyl (C=O) groups excluding carboxylic acids is 1. The van der Waals surface area contributed by atoms with E-state index < -0.39 is 5.97 Å². The molecule has 0 atom stereocenters. The Hall–Kier alpha value is -2.86. The fourth-order valence-electron chi connectivity index (χ4n) is 2.26. The van der Waals surface area contributed by atoms with Gasteiger partial charge in [0.1, 0.15) is 5.69 Å². The number of rotatable bonds is 3. The summed E-state index contributed by atoms with van der Waals surface area (Å²) < 4.78 is 0. The maximum absolute atomic E-state index is 10.9. The quantitative estimate of drug-likeness (QED) is 0.718. The van der Waals surface area contributed by atoms with Crippen LogP contribution in [-0.2, 0) is 0 Å². The summed E-state index contributed by atoms with van der Waals surface area (Å²) in [6, 6.07) is 9.53. The average molecular weight is 329 g/mol. The predicted octanol–water partition coefficient (Wildman–Crippen LogP) is 3.61. The van der Waals surface area contributed by atoms with Crippen LogP contribution in [0.15, 0.2) is 46.6 Å². The number of aromatic hydroxyl groups is 1. The molecule has 0 bridgehead atoms. The van der Waals surface area contributed by atoms with Crippen LogP contribution in [0.2, 0.25) is 5.02 Å². The number of halogens is 1. The number of para-hydroxylation sites is 1.